The first-order valence-corrected chi connectivity index (χ1v) is 7.05. The Morgan fingerprint density at radius 3 is 2.86 bits per heavy atom. The zero-order valence-electron chi connectivity index (χ0n) is 11.2. The lowest BCUT2D eigenvalue weighted by atomic mass is 9.92. The van der Waals surface area contributed by atoms with E-state index in [0.29, 0.717) is 28.3 Å². The van der Waals surface area contributed by atoms with Crippen molar-refractivity contribution in [2.75, 3.05) is 6.54 Å². The third-order valence-electron chi connectivity index (χ3n) is 3.71. The maximum Gasteiger partial charge on any atom is 0.251 e. The topological polar surface area (TPSA) is 55.1 Å². The number of fused-ring (bicyclic) bond motifs is 1. The van der Waals surface area contributed by atoms with Gasteiger partial charge in [0.05, 0.1) is 6.04 Å². The molecule has 1 aliphatic heterocycles. The minimum Gasteiger partial charge on any atom is -0.352 e. The number of nitrogens with two attached hydrogens (primary N) is 1. The van der Waals surface area contributed by atoms with Gasteiger partial charge in [-0.05, 0) is 41.8 Å². The van der Waals surface area contributed by atoms with Crippen molar-refractivity contribution < 1.29 is 9.18 Å². The highest BCUT2D eigenvalue weighted by atomic mass is 35.5. The molecule has 0 spiro atoms. The first kappa shape index (κ1) is 14.0. The average molecular weight is 305 g/mol. The van der Waals surface area contributed by atoms with Crippen LogP contribution in [0.5, 0.6) is 0 Å². The van der Waals surface area contributed by atoms with E-state index in [4.69, 9.17) is 17.3 Å². The number of benzene rings is 2. The SMILES string of the molecule is NC(c1ccc2c(c1)C(=O)NCC2)c1cc(Cl)ccc1F. The van der Waals surface area contributed by atoms with Crippen molar-refractivity contribution in [2.24, 2.45) is 5.73 Å². The highest BCUT2D eigenvalue weighted by Gasteiger charge is 2.20. The standard InChI is InChI=1S/C16H14ClFN2O/c17-11-3-4-14(18)13(8-11)15(19)10-2-1-9-5-6-20-16(21)12(9)7-10/h1-4,7-8,15H,5-6,19H2,(H,20,21). The summed E-state index contributed by atoms with van der Waals surface area (Å²) >= 11 is 5.90. The molecule has 1 atom stereocenters. The highest BCUT2D eigenvalue weighted by molar-refractivity contribution is 6.30. The van der Waals surface area contributed by atoms with Gasteiger partial charge < -0.3 is 11.1 Å². The molecule has 108 valence electrons. The molecule has 0 saturated carbocycles. The zero-order chi connectivity index (χ0) is 15.0. The molecule has 0 aromatic heterocycles. The molecule has 2 aromatic rings. The summed E-state index contributed by atoms with van der Waals surface area (Å²) in [4.78, 5) is 11.9. The summed E-state index contributed by atoms with van der Waals surface area (Å²) in [5.74, 6) is -0.522. The fourth-order valence-corrected chi connectivity index (χ4v) is 2.74. The second-order valence-electron chi connectivity index (χ2n) is 5.07. The van der Waals surface area contributed by atoms with Gasteiger partial charge in [0.1, 0.15) is 5.82 Å². The lowest BCUT2D eigenvalue weighted by Crippen LogP contribution is -2.32. The Morgan fingerprint density at radius 2 is 2.05 bits per heavy atom. The molecular weight excluding hydrogens is 291 g/mol. The van der Waals surface area contributed by atoms with Gasteiger partial charge in [-0.3, -0.25) is 4.79 Å². The molecule has 3 nitrogen and oxygen atoms in total. The number of rotatable bonds is 2. The van der Waals surface area contributed by atoms with Crippen molar-refractivity contribution in [3.05, 3.63) is 69.5 Å². The second kappa shape index (κ2) is 5.47. The minimum atomic E-state index is -0.663. The van der Waals surface area contributed by atoms with Crippen LogP contribution in [-0.2, 0) is 6.42 Å². The van der Waals surface area contributed by atoms with E-state index in [2.05, 4.69) is 5.32 Å². The lowest BCUT2D eigenvalue weighted by Gasteiger charge is -2.20. The van der Waals surface area contributed by atoms with E-state index in [-0.39, 0.29) is 5.91 Å². The highest BCUT2D eigenvalue weighted by Crippen LogP contribution is 2.27. The van der Waals surface area contributed by atoms with Gasteiger partial charge in [-0.1, -0.05) is 23.7 Å². The third-order valence-corrected chi connectivity index (χ3v) is 3.95. The average Bonchev–Trinajstić information content (AvgIpc) is 2.49. The van der Waals surface area contributed by atoms with E-state index < -0.39 is 11.9 Å². The molecule has 1 heterocycles. The zero-order valence-corrected chi connectivity index (χ0v) is 12.0. The van der Waals surface area contributed by atoms with Crippen LogP contribution in [0.4, 0.5) is 4.39 Å². The van der Waals surface area contributed by atoms with Crippen molar-refractivity contribution in [3.8, 4) is 0 Å². The van der Waals surface area contributed by atoms with E-state index in [0.717, 1.165) is 12.0 Å². The summed E-state index contributed by atoms with van der Waals surface area (Å²) < 4.78 is 13.9. The molecule has 0 saturated heterocycles. The van der Waals surface area contributed by atoms with Gasteiger partial charge in [-0.15, -0.1) is 0 Å². The van der Waals surface area contributed by atoms with E-state index in [1.165, 1.54) is 18.2 Å². The molecule has 1 aliphatic rings. The van der Waals surface area contributed by atoms with E-state index in [1.807, 2.05) is 12.1 Å². The number of carbonyl (C=O) groups is 1. The lowest BCUT2D eigenvalue weighted by molar-refractivity contribution is 0.0946. The third kappa shape index (κ3) is 2.64. The number of hydrogen-bond acceptors (Lipinski definition) is 2. The summed E-state index contributed by atoms with van der Waals surface area (Å²) in [5.41, 5.74) is 8.73. The Balaban J connectivity index is 2.02. The molecule has 2 aromatic carbocycles. The quantitative estimate of drug-likeness (QED) is 0.896. The van der Waals surface area contributed by atoms with E-state index >= 15 is 0 Å². The normalized spacial score (nSPS) is 15.3. The number of carbonyl (C=O) groups excluding carboxylic acids is 1. The molecule has 0 fully saturated rings. The molecule has 0 radical (unpaired) electrons. The molecular formula is C16H14ClFN2O. The maximum absolute atomic E-state index is 13.9. The molecule has 1 unspecified atom stereocenters. The Morgan fingerprint density at radius 1 is 1.24 bits per heavy atom. The van der Waals surface area contributed by atoms with Crippen LogP contribution in [0.1, 0.15) is 33.1 Å². The summed E-state index contributed by atoms with van der Waals surface area (Å²) in [6, 6.07) is 9.07. The van der Waals surface area contributed by atoms with Crippen LogP contribution in [0.25, 0.3) is 0 Å². The van der Waals surface area contributed by atoms with Gasteiger partial charge in [0.25, 0.3) is 5.91 Å². The summed E-state index contributed by atoms with van der Waals surface area (Å²) in [6.45, 7) is 0.639. The van der Waals surface area contributed by atoms with E-state index in [9.17, 15) is 9.18 Å². The Kier molecular flexibility index (Phi) is 3.66. The van der Waals surface area contributed by atoms with Crippen LogP contribution >= 0.6 is 11.6 Å². The number of hydrogen-bond donors (Lipinski definition) is 2. The van der Waals surface area contributed by atoms with Crippen molar-refractivity contribution in [2.45, 2.75) is 12.5 Å². The second-order valence-corrected chi connectivity index (χ2v) is 5.50. The van der Waals surface area contributed by atoms with Gasteiger partial charge in [0.2, 0.25) is 0 Å². The van der Waals surface area contributed by atoms with Crippen molar-refractivity contribution in [1.82, 2.24) is 5.32 Å². The van der Waals surface area contributed by atoms with Crippen LogP contribution in [0.3, 0.4) is 0 Å². The molecule has 5 heteroatoms. The fraction of sp³-hybridized carbons (Fsp3) is 0.188. The summed E-state index contributed by atoms with van der Waals surface area (Å²) in [6.07, 6.45) is 0.794. The van der Waals surface area contributed by atoms with Crippen molar-refractivity contribution >= 4 is 17.5 Å². The fourth-order valence-electron chi connectivity index (χ4n) is 2.56. The molecule has 0 bridgehead atoms. The van der Waals surface area contributed by atoms with Gasteiger partial charge in [0.15, 0.2) is 0 Å². The van der Waals surface area contributed by atoms with Crippen LogP contribution in [0.2, 0.25) is 5.02 Å². The van der Waals surface area contributed by atoms with Crippen molar-refractivity contribution in [1.29, 1.82) is 0 Å². The Hall–Kier alpha value is -1.91. The van der Waals surface area contributed by atoms with Gasteiger partial charge in [-0.25, -0.2) is 4.39 Å². The van der Waals surface area contributed by atoms with Crippen LogP contribution in [0, 0.1) is 5.82 Å². The van der Waals surface area contributed by atoms with Gasteiger partial charge in [-0.2, -0.15) is 0 Å². The van der Waals surface area contributed by atoms with Gasteiger partial charge in [0, 0.05) is 22.7 Å². The molecule has 1 amide bonds. The summed E-state index contributed by atoms with van der Waals surface area (Å²) in [5, 5.41) is 3.22. The molecule has 3 rings (SSSR count). The van der Waals surface area contributed by atoms with Gasteiger partial charge >= 0.3 is 0 Å². The maximum atomic E-state index is 13.9. The predicted molar refractivity (Wildman–Crippen MR) is 79.9 cm³/mol. The molecule has 3 N–H and O–H groups in total. The largest absolute Gasteiger partial charge is 0.352 e. The van der Waals surface area contributed by atoms with Crippen LogP contribution in [-0.4, -0.2) is 12.5 Å². The van der Waals surface area contributed by atoms with E-state index in [1.54, 1.807) is 6.07 Å². The Bertz CT molecular complexity index is 717. The smallest absolute Gasteiger partial charge is 0.251 e. The summed E-state index contributed by atoms with van der Waals surface area (Å²) in [7, 11) is 0. The Labute approximate surface area is 126 Å². The number of amides is 1. The molecule has 21 heavy (non-hydrogen) atoms. The van der Waals surface area contributed by atoms with Crippen molar-refractivity contribution in [3.63, 3.8) is 0 Å². The first-order chi connectivity index (χ1) is 10.1. The minimum absolute atomic E-state index is 0.114. The number of nitrogens with one attached hydrogen (secondary N) is 1. The van der Waals surface area contributed by atoms with Crippen LogP contribution in [0.15, 0.2) is 36.4 Å². The first-order valence-electron chi connectivity index (χ1n) is 6.68. The predicted octanol–water partition coefficient (Wildman–Crippen LogP) is 2.81. The molecule has 0 aliphatic carbocycles. The monoisotopic (exact) mass is 304 g/mol. The van der Waals surface area contributed by atoms with Crippen LogP contribution < -0.4 is 11.1 Å². The number of halogens is 2.